The molecular weight excluding hydrogens is 290 g/mol. The smallest absolute Gasteiger partial charge is 0.227 e. The molecule has 1 aromatic carbocycles. The zero-order valence-corrected chi connectivity index (χ0v) is 12.6. The first kappa shape index (κ1) is 16.4. The summed E-state index contributed by atoms with van der Waals surface area (Å²) >= 11 is 0. The zero-order chi connectivity index (χ0) is 16.1. The van der Waals surface area contributed by atoms with Crippen molar-refractivity contribution in [3.8, 4) is 0 Å². The third kappa shape index (κ3) is 3.81. The van der Waals surface area contributed by atoms with E-state index in [4.69, 9.17) is 0 Å². The molecule has 6 heteroatoms. The van der Waals surface area contributed by atoms with Crippen LogP contribution in [-0.4, -0.2) is 29.8 Å². The van der Waals surface area contributed by atoms with Crippen molar-refractivity contribution in [2.24, 2.45) is 5.92 Å². The van der Waals surface area contributed by atoms with Crippen LogP contribution >= 0.6 is 0 Å². The summed E-state index contributed by atoms with van der Waals surface area (Å²) in [6.45, 7) is 2.97. The minimum atomic E-state index is -0.788. The molecule has 0 unspecified atom stereocenters. The van der Waals surface area contributed by atoms with Gasteiger partial charge in [-0.1, -0.05) is 13.0 Å². The van der Waals surface area contributed by atoms with Gasteiger partial charge in [0.15, 0.2) is 0 Å². The van der Waals surface area contributed by atoms with Crippen LogP contribution in [0, 0.1) is 17.6 Å². The van der Waals surface area contributed by atoms with Crippen molar-refractivity contribution in [2.75, 3.05) is 18.4 Å². The molecule has 1 saturated heterocycles. The Morgan fingerprint density at radius 1 is 1.23 bits per heavy atom. The number of anilines is 1. The minimum Gasteiger partial charge on any atom is -0.343 e. The number of carbonyl (C=O) groups excluding carboxylic acids is 2. The van der Waals surface area contributed by atoms with Gasteiger partial charge in [0.2, 0.25) is 11.8 Å². The van der Waals surface area contributed by atoms with E-state index in [2.05, 4.69) is 5.32 Å². The number of amides is 2. The lowest BCUT2D eigenvalue weighted by Crippen LogP contribution is -2.41. The van der Waals surface area contributed by atoms with Crippen LogP contribution in [0.3, 0.4) is 0 Å². The fraction of sp³-hybridized carbons (Fsp3) is 0.500. The average Bonchev–Trinajstić information content (AvgIpc) is 2.51. The van der Waals surface area contributed by atoms with Crippen molar-refractivity contribution in [1.29, 1.82) is 0 Å². The molecule has 1 fully saturated rings. The largest absolute Gasteiger partial charge is 0.343 e. The van der Waals surface area contributed by atoms with Gasteiger partial charge in [-0.25, -0.2) is 8.78 Å². The number of benzene rings is 1. The highest BCUT2D eigenvalue weighted by Crippen LogP contribution is 2.23. The number of para-hydroxylation sites is 1. The van der Waals surface area contributed by atoms with Crippen LogP contribution in [-0.2, 0) is 9.59 Å². The van der Waals surface area contributed by atoms with E-state index >= 15 is 0 Å². The predicted octanol–water partition coefficient (Wildman–Crippen LogP) is 2.94. The molecular formula is C16H20F2N2O2. The molecule has 1 heterocycles. The molecule has 0 aliphatic carbocycles. The van der Waals surface area contributed by atoms with Crippen molar-refractivity contribution in [1.82, 2.24) is 4.90 Å². The normalized spacial score (nSPS) is 15.7. The molecule has 0 radical (unpaired) electrons. The van der Waals surface area contributed by atoms with Crippen molar-refractivity contribution < 1.29 is 18.4 Å². The Hall–Kier alpha value is -1.98. The highest BCUT2D eigenvalue weighted by atomic mass is 19.1. The molecule has 0 spiro atoms. The Bertz CT molecular complexity index is 535. The monoisotopic (exact) mass is 310 g/mol. The Balaban J connectivity index is 1.92. The standard InChI is InChI=1S/C16H20F2N2O2/c1-2-4-14(21)20-9-7-11(8-10-20)16(22)19-15-12(17)5-3-6-13(15)18/h3,5-6,11H,2,4,7-10H2,1H3,(H,19,22). The lowest BCUT2D eigenvalue weighted by molar-refractivity contribution is -0.134. The second kappa shape index (κ2) is 7.33. The number of hydrogen-bond donors (Lipinski definition) is 1. The summed E-state index contributed by atoms with van der Waals surface area (Å²) in [4.78, 5) is 25.7. The summed E-state index contributed by atoms with van der Waals surface area (Å²) < 4.78 is 27.0. The van der Waals surface area contributed by atoms with Crippen LogP contribution < -0.4 is 5.32 Å². The molecule has 120 valence electrons. The summed E-state index contributed by atoms with van der Waals surface area (Å²) in [5.74, 6) is -2.20. The van der Waals surface area contributed by atoms with Crippen molar-refractivity contribution >= 4 is 17.5 Å². The van der Waals surface area contributed by atoms with E-state index in [0.29, 0.717) is 32.4 Å². The Kier molecular flexibility index (Phi) is 5.46. The SMILES string of the molecule is CCCC(=O)N1CCC(C(=O)Nc2c(F)cccc2F)CC1. The van der Waals surface area contributed by atoms with Gasteiger partial charge in [0.1, 0.15) is 17.3 Å². The van der Waals surface area contributed by atoms with Gasteiger partial charge >= 0.3 is 0 Å². The number of hydrogen-bond acceptors (Lipinski definition) is 2. The Morgan fingerprint density at radius 3 is 2.36 bits per heavy atom. The van der Waals surface area contributed by atoms with Crippen LogP contribution in [0.5, 0.6) is 0 Å². The van der Waals surface area contributed by atoms with Crippen LogP contribution in [0.25, 0.3) is 0 Å². The first-order valence-corrected chi connectivity index (χ1v) is 7.55. The van der Waals surface area contributed by atoms with Crippen LogP contribution in [0.4, 0.5) is 14.5 Å². The first-order chi connectivity index (χ1) is 10.5. The fourth-order valence-electron chi connectivity index (χ4n) is 2.61. The summed E-state index contributed by atoms with van der Waals surface area (Å²) in [5, 5.41) is 2.33. The van der Waals surface area contributed by atoms with Crippen LogP contribution in [0.2, 0.25) is 0 Å². The number of carbonyl (C=O) groups is 2. The van der Waals surface area contributed by atoms with Gasteiger partial charge in [0.25, 0.3) is 0 Å². The number of rotatable bonds is 4. The van der Waals surface area contributed by atoms with Crippen molar-refractivity contribution in [3.63, 3.8) is 0 Å². The number of halogens is 2. The van der Waals surface area contributed by atoms with Gasteiger partial charge in [-0.15, -0.1) is 0 Å². The van der Waals surface area contributed by atoms with Crippen LogP contribution in [0.1, 0.15) is 32.6 Å². The van der Waals surface area contributed by atoms with E-state index in [9.17, 15) is 18.4 Å². The summed E-state index contributed by atoms with van der Waals surface area (Å²) in [6.07, 6.45) is 2.33. The van der Waals surface area contributed by atoms with Crippen LogP contribution in [0.15, 0.2) is 18.2 Å². The maximum absolute atomic E-state index is 13.5. The third-order valence-electron chi connectivity index (χ3n) is 3.89. The highest BCUT2D eigenvalue weighted by Gasteiger charge is 2.27. The second-order valence-electron chi connectivity index (χ2n) is 5.49. The second-order valence-corrected chi connectivity index (χ2v) is 5.49. The summed E-state index contributed by atoms with van der Waals surface area (Å²) in [7, 11) is 0. The van der Waals surface area contributed by atoms with Gasteiger partial charge in [0, 0.05) is 25.4 Å². The van der Waals surface area contributed by atoms with Gasteiger partial charge in [0.05, 0.1) is 0 Å². The third-order valence-corrected chi connectivity index (χ3v) is 3.89. The van der Waals surface area contributed by atoms with Crippen molar-refractivity contribution in [3.05, 3.63) is 29.8 Å². The molecule has 2 rings (SSSR count). The summed E-state index contributed by atoms with van der Waals surface area (Å²) in [5.41, 5.74) is -0.406. The number of nitrogens with one attached hydrogen (secondary N) is 1. The van der Waals surface area contributed by atoms with E-state index in [0.717, 1.165) is 18.6 Å². The molecule has 0 saturated carbocycles. The maximum Gasteiger partial charge on any atom is 0.227 e. The molecule has 4 nitrogen and oxygen atoms in total. The molecule has 1 aromatic rings. The Morgan fingerprint density at radius 2 is 1.82 bits per heavy atom. The minimum absolute atomic E-state index is 0.0986. The van der Waals surface area contributed by atoms with Gasteiger partial charge in [-0.2, -0.15) is 0 Å². The lowest BCUT2D eigenvalue weighted by Gasteiger charge is -2.31. The average molecular weight is 310 g/mol. The summed E-state index contributed by atoms with van der Waals surface area (Å²) in [6, 6.07) is 3.45. The van der Waals surface area contributed by atoms with Crippen molar-refractivity contribution in [2.45, 2.75) is 32.6 Å². The molecule has 1 aliphatic rings. The van der Waals surface area contributed by atoms with E-state index in [1.54, 1.807) is 4.90 Å². The first-order valence-electron chi connectivity index (χ1n) is 7.55. The number of nitrogens with zero attached hydrogens (tertiary/aromatic N) is 1. The lowest BCUT2D eigenvalue weighted by atomic mass is 9.95. The van der Waals surface area contributed by atoms with Gasteiger partial charge < -0.3 is 10.2 Å². The molecule has 0 atom stereocenters. The molecule has 22 heavy (non-hydrogen) atoms. The van der Waals surface area contributed by atoms with E-state index in [-0.39, 0.29) is 11.8 Å². The molecule has 0 bridgehead atoms. The van der Waals surface area contributed by atoms with E-state index in [1.165, 1.54) is 6.07 Å². The molecule has 0 aromatic heterocycles. The number of piperidine rings is 1. The topological polar surface area (TPSA) is 49.4 Å². The van der Waals surface area contributed by atoms with Gasteiger partial charge in [-0.05, 0) is 31.4 Å². The highest BCUT2D eigenvalue weighted by molar-refractivity contribution is 5.93. The molecule has 1 N–H and O–H groups in total. The number of likely N-dealkylation sites (tertiary alicyclic amines) is 1. The predicted molar refractivity (Wildman–Crippen MR) is 79.2 cm³/mol. The Labute approximate surface area is 128 Å². The maximum atomic E-state index is 13.5. The van der Waals surface area contributed by atoms with Gasteiger partial charge in [-0.3, -0.25) is 9.59 Å². The van der Waals surface area contributed by atoms with E-state index in [1.807, 2.05) is 6.92 Å². The quantitative estimate of drug-likeness (QED) is 0.929. The molecule has 2 amide bonds. The zero-order valence-electron chi connectivity index (χ0n) is 12.6. The van der Waals surface area contributed by atoms with E-state index < -0.39 is 23.2 Å². The fourth-order valence-corrected chi connectivity index (χ4v) is 2.61. The molecule has 1 aliphatic heterocycles.